The SMILES string of the molecule is COc1cc(C(=O)N2CCc3c(cnc4cc(C)nn34)C2)cc(OC)c1OC. The lowest BCUT2D eigenvalue weighted by Crippen LogP contribution is -2.37. The second kappa shape index (κ2) is 7.03. The molecule has 0 spiro atoms. The molecular formula is C20H22N4O4. The monoisotopic (exact) mass is 382 g/mol. The van der Waals surface area contributed by atoms with Crippen LogP contribution in [0.5, 0.6) is 17.2 Å². The van der Waals surface area contributed by atoms with Crippen molar-refractivity contribution >= 4 is 11.6 Å². The molecule has 0 saturated heterocycles. The molecule has 146 valence electrons. The molecule has 4 rings (SSSR count). The van der Waals surface area contributed by atoms with E-state index in [1.54, 1.807) is 17.0 Å². The van der Waals surface area contributed by atoms with Crippen molar-refractivity contribution in [1.82, 2.24) is 19.5 Å². The molecule has 1 aliphatic heterocycles. The van der Waals surface area contributed by atoms with Crippen molar-refractivity contribution in [2.24, 2.45) is 0 Å². The van der Waals surface area contributed by atoms with Gasteiger partial charge >= 0.3 is 0 Å². The van der Waals surface area contributed by atoms with E-state index in [0.29, 0.717) is 42.3 Å². The van der Waals surface area contributed by atoms with Gasteiger partial charge in [0.15, 0.2) is 17.1 Å². The molecule has 1 aromatic carbocycles. The number of nitrogens with zero attached hydrogens (tertiary/aromatic N) is 4. The molecule has 8 nitrogen and oxygen atoms in total. The average Bonchev–Trinajstić information content (AvgIpc) is 3.12. The summed E-state index contributed by atoms with van der Waals surface area (Å²) in [5.41, 5.74) is 4.36. The van der Waals surface area contributed by atoms with Crippen molar-refractivity contribution in [2.45, 2.75) is 19.9 Å². The number of hydrogen-bond donors (Lipinski definition) is 0. The lowest BCUT2D eigenvalue weighted by atomic mass is 10.1. The first-order valence-electron chi connectivity index (χ1n) is 8.98. The quantitative estimate of drug-likeness (QED) is 0.689. The van der Waals surface area contributed by atoms with Crippen molar-refractivity contribution in [3.63, 3.8) is 0 Å². The van der Waals surface area contributed by atoms with Crippen LogP contribution >= 0.6 is 0 Å². The molecule has 0 fully saturated rings. The first-order chi connectivity index (χ1) is 13.5. The van der Waals surface area contributed by atoms with Gasteiger partial charge < -0.3 is 19.1 Å². The van der Waals surface area contributed by atoms with Gasteiger partial charge in [-0.25, -0.2) is 9.50 Å². The highest BCUT2D eigenvalue weighted by atomic mass is 16.5. The van der Waals surface area contributed by atoms with Crippen LogP contribution < -0.4 is 14.2 Å². The van der Waals surface area contributed by atoms with E-state index in [0.717, 1.165) is 22.6 Å². The number of amides is 1. The van der Waals surface area contributed by atoms with E-state index < -0.39 is 0 Å². The number of fused-ring (bicyclic) bond motifs is 3. The van der Waals surface area contributed by atoms with E-state index in [9.17, 15) is 4.79 Å². The van der Waals surface area contributed by atoms with E-state index in [1.807, 2.05) is 23.7 Å². The van der Waals surface area contributed by atoms with Gasteiger partial charge in [-0.05, 0) is 19.1 Å². The number of aryl methyl sites for hydroxylation is 1. The maximum atomic E-state index is 13.1. The van der Waals surface area contributed by atoms with E-state index in [4.69, 9.17) is 14.2 Å². The Labute approximate surface area is 162 Å². The van der Waals surface area contributed by atoms with Crippen LogP contribution in [0.15, 0.2) is 24.4 Å². The number of hydrogen-bond acceptors (Lipinski definition) is 6. The van der Waals surface area contributed by atoms with Gasteiger partial charge in [0.25, 0.3) is 5.91 Å². The molecule has 1 aliphatic rings. The summed E-state index contributed by atoms with van der Waals surface area (Å²) in [5, 5.41) is 4.52. The minimum atomic E-state index is -0.0957. The second-order valence-electron chi connectivity index (χ2n) is 6.68. The van der Waals surface area contributed by atoms with Crippen molar-refractivity contribution in [2.75, 3.05) is 27.9 Å². The van der Waals surface area contributed by atoms with Gasteiger partial charge in [0.05, 0.1) is 32.7 Å². The minimum Gasteiger partial charge on any atom is -0.493 e. The van der Waals surface area contributed by atoms with Crippen molar-refractivity contribution in [3.05, 3.63) is 46.9 Å². The number of carbonyl (C=O) groups is 1. The highest BCUT2D eigenvalue weighted by Gasteiger charge is 2.26. The zero-order valence-corrected chi connectivity index (χ0v) is 16.4. The summed E-state index contributed by atoms with van der Waals surface area (Å²) < 4.78 is 17.9. The molecule has 2 aromatic heterocycles. The molecule has 28 heavy (non-hydrogen) atoms. The number of rotatable bonds is 4. The van der Waals surface area contributed by atoms with Gasteiger partial charge in [-0.2, -0.15) is 5.10 Å². The summed E-state index contributed by atoms with van der Waals surface area (Å²) in [4.78, 5) is 19.4. The molecule has 3 heterocycles. The third-order valence-corrected chi connectivity index (χ3v) is 4.97. The number of aromatic nitrogens is 3. The van der Waals surface area contributed by atoms with Crippen LogP contribution in [0.4, 0.5) is 0 Å². The molecule has 0 atom stereocenters. The van der Waals surface area contributed by atoms with Gasteiger partial charge in [0, 0.05) is 42.9 Å². The Hall–Kier alpha value is -3.29. The average molecular weight is 382 g/mol. The molecule has 0 N–H and O–H groups in total. The van der Waals surface area contributed by atoms with Crippen LogP contribution in [0.3, 0.4) is 0 Å². The molecule has 0 aliphatic carbocycles. The highest BCUT2D eigenvalue weighted by Crippen LogP contribution is 2.38. The third-order valence-electron chi connectivity index (χ3n) is 4.97. The predicted octanol–water partition coefficient (Wildman–Crippen LogP) is 2.26. The van der Waals surface area contributed by atoms with Gasteiger partial charge in [0.1, 0.15) is 0 Å². The van der Waals surface area contributed by atoms with Crippen LogP contribution in [0.2, 0.25) is 0 Å². The molecule has 0 radical (unpaired) electrons. The zero-order chi connectivity index (χ0) is 19.8. The van der Waals surface area contributed by atoms with Gasteiger partial charge in [-0.15, -0.1) is 0 Å². The fourth-order valence-electron chi connectivity index (χ4n) is 3.62. The summed E-state index contributed by atoms with van der Waals surface area (Å²) >= 11 is 0. The maximum absolute atomic E-state index is 13.1. The summed E-state index contributed by atoms with van der Waals surface area (Å²) in [7, 11) is 4.60. The summed E-state index contributed by atoms with van der Waals surface area (Å²) in [6, 6.07) is 5.31. The topological polar surface area (TPSA) is 78.2 Å². The number of benzene rings is 1. The van der Waals surface area contributed by atoms with Crippen LogP contribution in [0.25, 0.3) is 5.65 Å². The molecule has 0 bridgehead atoms. The summed E-state index contributed by atoms with van der Waals surface area (Å²) in [5.74, 6) is 1.28. The lowest BCUT2D eigenvalue weighted by Gasteiger charge is -2.29. The molecule has 3 aromatic rings. The highest BCUT2D eigenvalue weighted by molar-refractivity contribution is 5.95. The number of carbonyl (C=O) groups excluding carboxylic acids is 1. The largest absolute Gasteiger partial charge is 0.493 e. The lowest BCUT2D eigenvalue weighted by molar-refractivity contribution is 0.0731. The van der Waals surface area contributed by atoms with E-state index >= 15 is 0 Å². The summed E-state index contributed by atoms with van der Waals surface area (Å²) in [6.07, 6.45) is 2.55. The first-order valence-corrected chi connectivity index (χ1v) is 8.98. The number of methoxy groups -OCH3 is 3. The normalized spacial score (nSPS) is 13.4. The first kappa shape index (κ1) is 18.1. The van der Waals surface area contributed by atoms with Crippen LogP contribution in [0.1, 0.15) is 27.3 Å². The molecule has 1 amide bonds. The van der Waals surface area contributed by atoms with Crippen LogP contribution in [-0.4, -0.2) is 53.3 Å². The maximum Gasteiger partial charge on any atom is 0.254 e. The van der Waals surface area contributed by atoms with Crippen LogP contribution in [0, 0.1) is 6.92 Å². The fourth-order valence-corrected chi connectivity index (χ4v) is 3.62. The minimum absolute atomic E-state index is 0.0957. The van der Waals surface area contributed by atoms with Gasteiger partial charge in [0.2, 0.25) is 5.75 Å². The fraction of sp³-hybridized carbons (Fsp3) is 0.350. The van der Waals surface area contributed by atoms with Crippen molar-refractivity contribution in [3.8, 4) is 17.2 Å². The molecule has 0 saturated carbocycles. The van der Waals surface area contributed by atoms with E-state index in [2.05, 4.69) is 10.1 Å². The Morgan fingerprint density at radius 2 is 1.79 bits per heavy atom. The van der Waals surface area contributed by atoms with E-state index in [-0.39, 0.29) is 5.91 Å². The van der Waals surface area contributed by atoms with Crippen molar-refractivity contribution in [1.29, 1.82) is 0 Å². The number of ether oxygens (including phenoxy) is 3. The predicted molar refractivity (Wildman–Crippen MR) is 102 cm³/mol. The summed E-state index contributed by atoms with van der Waals surface area (Å²) in [6.45, 7) is 3.03. The van der Waals surface area contributed by atoms with Crippen molar-refractivity contribution < 1.29 is 19.0 Å². The Morgan fingerprint density at radius 1 is 1.07 bits per heavy atom. The van der Waals surface area contributed by atoms with Gasteiger partial charge in [-0.3, -0.25) is 4.79 Å². The molecule has 0 unspecified atom stereocenters. The second-order valence-corrected chi connectivity index (χ2v) is 6.68. The third kappa shape index (κ3) is 2.90. The smallest absolute Gasteiger partial charge is 0.254 e. The van der Waals surface area contributed by atoms with Crippen LogP contribution in [-0.2, 0) is 13.0 Å². The van der Waals surface area contributed by atoms with E-state index in [1.165, 1.54) is 21.3 Å². The Bertz CT molecular complexity index is 1030. The standard InChI is InChI=1S/C20H22N4O4/c1-12-7-18-21-10-14-11-23(6-5-15(14)24(18)22-12)20(25)13-8-16(26-2)19(28-4)17(9-13)27-3/h7-10H,5-6,11H2,1-4H3. The van der Waals surface area contributed by atoms with Gasteiger partial charge in [-0.1, -0.05) is 0 Å². The molecular weight excluding hydrogens is 360 g/mol. The molecule has 8 heteroatoms. The Morgan fingerprint density at radius 3 is 2.43 bits per heavy atom. The Balaban J connectivity index is 1.66. The Kier molecular flexibility index (Phi) is 4.54. The zero-order valence-electron chi connectivity index (χ0n) is 16.4.